The van der Waals surface area contributed by atoms with Crippen LogP contribution in [0, 0.1) is 11.3 Å². The number of aryl methyl sites for hydroxylation is 1. The zero-order valence-electron chi connectivity index (χ0n) is 8.37. The molecule has 80 valence electrons. The van der Waals surface area contributed by atoms with E-state index in [-0.39, 0.29) is 0 Å². The molecule has 1 heterocycles. The van der Waals surface area contributed by atoms with Crippen molar-refractivity contribution in [1.82, 2.24) is 4.98 Å². The molecule has 0 aliphatic heterocycles. The third-order valence-corrected chi connectivity index (χ3v) is 2.87. The molecule has 16 heavy (non-hydrogen) atoms. The van der Waals surface area contributed by atoms with Crippen LogP contribution >= 0.6 is 23.2 Å². The summed E-state index contributed by atoms with van der Waals surface area (Å²) in [6.07, 6.45) is 1.05. The highest BCUT2D eigenvalue weighted by atomic mass is 35.5. The molecule has 0 radical (unpaired) electrons. The van der Waals surface area contributed by atoms with Gasteiger partial charge in [0.25, 0.3) is 0 Å². The molecule has 0 unspecified atom stereocenters. The fraction of sp³-hybridized carbons (Fsp3) is 0.167. The van der Waals surface area contributed by atoms with Crippen molar-refractivity contribution < 1.29 is 0 Å². The summed E-state index contributed by atoms with van der Waals surface area (Å²) in [5.41, 5.74) is 1.70. The fourth-order valence-electron chi connectivity index (χ4n) is 1.53. The Bertz CT molecular complexity index is 573. The van der Waals surface area contributed by atoms with Crippen molar-refractivity contribution in [1.29, 1.82) is 5.26 Å². The number of halogens is 2. The lowest BCUT2D eigenvalue weighted by molar-refractivity contribution is 1.00. The van der Waals surface area contributed by atoms with Crippen LogP contribution in [0.1, 0.15) is 12.0 Å². The largest absolute Gasteiger partial charge is 0.236 e. The van der Waals surface area contributed by atoms with Gasteiger partial charge in [0.2, 0.25) is 0 Å². The van der Waals surface area contributed by atoms with Crippen LogP contribution < -0.4 is 0 Å². The van der Waals surface area contributed by atoms with Crippen molar-refractivity contribution in [2.75, 3.05) is 0 Å². The highest BCUT2D eigenvalue weighted by Crippen LogP contribution is 2.24. The molecule has 0 aliphatic carbocycles. The van der Waals surface area contributed by atoms with E-state index in [0.29, 0.717) is 23.0 Å². The van der Waals surface area contributed by atoms with Gasteiger partial charge in [-0.15, -0.1) is 0 Å². The van der Waals surface area contributed by atoms with Gasteiger partial charge in [-0.2, -0.15) is 5.26 Å². The van der Waals surface area contributed by atoms with Gasteiger partial charge in [0.1, 0.15) is 5.15 Å². The zero-order chi connectivity index (χ0) is 11.5. The topological polar surface area (TPSA) is 36.7 Å². The van der Waals surface area contributed by atoms with Gasteiger partial charge in [-0.1, -0.05) is 23.2 Å². The fourth-order valence-corrected chi connectivity index (χ4v) is 1.95. The molecule has 2 aromatic rings. The monoisotopic (exact) mass is 250 g/mol. The van der Waals surface area contributed by atoms with Crippen molar-refractivity contribution in [3.05, 3.63) is 40.0 Å². The minimum absolute atomic E-state index is 0.438. The Kier molecular flexibility index (Phi) is 3.28. The van der Waals surface area contributed by atoms with Gasteiger partial charge in [0.15, 0.2) is 0 Å². The first-order valence-electron chi connectivity index (χ1n) is 4.82. The number of pyridine rings is 1. The Balaban J connectivity index is 2.51. The van der Waals surface area contributed by atoms with E-state index >= 15 is 0 Å². The number of nitriles is 1. The predicted octanol–water partition coefficient (Wildman–Crippen LogP) is 4.00. The molecule has 0 amide bonds. The summed E-state index contributed by atoms with van der Waals surface area (Å²) in [7, 11) is 0. The van der Waals surface area contributed by atoms with E-state index in [1.165, 1.54) is 0 Å². The van der Waals surface area contributed by atoms with Crippen LogP contribution in [0.4, 0.5) is 0 Å². The highest BCUT2D eigenvalue weighted by molar-refractivity contribution is 6.32. The zero-order valence-corrected chi connectivity index (χ0v) is 9.89. The van der Waals surface area contributed by atoms with Crippen molar-refractivity contribution in [2.24, 2.45) is 0 Å². The first-order chi connectivity index (χ1) is 7.70. The average molecular weight is 251 g/mol. The van der Waals surface area contributed by atoms with Gasteiger partial charge in [-0.3, -0.25) is 0 Å². The van der Waals surface area contributed by atoms with Gasteiger partial charge in [-0.05, 0) is 36.2 Å². The number of hydrogen-bond acceptors (Lipinski definition) is 2. The van der Waals surface area contributed by atoms with E-state index in [2.05, 4.69) is 11.1 Å². The van der Waals surface area contributed by atoms with Crippen molar-refractivity contribution in [2.45, 2.75) is 12.8 Å². The molecule has 1 aromatic heterocycles. The van der Waals surface area contributed by atoms with Crippen LogP contribution in [0.3, 0.4) is 0 Å². The third-order valence-electron chi connectivity index (χ3n) is 2.31. The maximum absolute atomic E-state index is 8.54. The van der Waals surface area contributed by atoms with Crippen LogP contribution in [0.15, 0.2) is 24.3 Å². The van der Waals surface area contributed by atoms with Crippen molar-refractivity contribution in [3.8, 4) is 6.07 Å². The Morgan fingerprint density at radius 2 is 2.06 bits per heavy atom. The summed E-state index contributed by atoms with van der Waals surface area (Å²) >= 11 is 11.9. The second-order valence-electron chi connectivity index (χ2n) is 3.43. The quantitative estimate of drug-likeness (QED) is 0.756. The number of hydrogen-bond donors (Lipinski definition) is 0. The Hall–Kier alpha value is -1.30. The molecular formula is C12H8Cl2N2. The number of nitrogens with zero attached hydrogens (tertiary/aromatic N) is 2. The number of fused-ring (bicyclic) bond motifs is 1. The standard InChI is InChI=1S/C12H8Cl2N2/c13-10-3-4-11-9(7-10)6-8(2-1-5-15)12(14)16-11/h3-4,6-7H,1-2H2. The number of aromatic nitrogens is 1. The summed E-state index contributed by atoms with van der Waals surface area (Å²) in [4.78, 5) is 4.27. The first-order valence-corrected chi connectivity index (χ1v) is 5.58. The average Bonchev–Trinajstić information content (AvgIpc) is 2.27. The van der Waals surface area contributed by atoms with E-state index in [1.54, 1.807) is 6.07 Å². The molecule has 0 fully saturated rings. The minimum atomic E-state index is 0.438. The van der Waals surface area contributed by atoms with E-state index < -0.39 is 0 Å². The molecule has 0 saturated carbocycles. The van der Waals surface area contributed by atoms with Crippen LogP contribution in [-0.4, -0.2) is 4.98 Å². The first kappa shape index (κ1) is 11.2. The summed E-state index contributed by atoms with van der Waals surface area (Å²) in [6.45, 7) is 0. The lowest BCUT2D eigenvalue weighted by atomic mass is 10.1. The SMILES string of the molecule is N#CCCc1cc2cc(Cl)ccc2nc1Cl. The lowest BCUT2D eigenvalue weighted by Crippen LogP contribution is -1.90. The normalized spacial score (nSPS) is 10.3. The Morgan fingerprint density at radius 3 is 2.81 bits per heavy atom. The molecule has 1 aromatic carbocycles. The second-order valence-corrected chi connectivity index (χ2v) is 4.23. The maximum Gasteiger partial charge on any atom is 0.133 e. The van der Waals surface area contributed by atoms with Crippen LogP contribution in [0.2, 0.25) is 10.2 Å². The molecule has 2 rings (SSSR count). The predicted molar refractivity (Wildman–Crippen MR) is 65.7 cm³/mol. The summed E-state index contributed by atoms with van der Waals surface area (Å²) in [5.74, 6) is 0. The van der Waals surface area contributed by atoms with E-state index in [0.717, 1.165) is 16.5 Å². The van der Waals surface area contributed by atoms with Gasteiger partial charge >= 0.3 is 0 Å². The van der Waals surface area contributed by atoms with Gasteiger partial charge in [-0.25, -0.2) is 4.98 Å². The highest BCUT2D eigenvalue weighted by Gasteiger charge is 2.05. The summed E-state index contributed by atoms with van der Waals surface area (Å²) < 4.78 is 0. The van der Waals surface area contributed by atoms with E-state index in [1.807, 2.05) is 18.2 Å². The molecule has 0 bridgehead atoms. The van der Waals surface area contributed by atoms with Gasteiger partial charge in [0, 0.05) is 16.8 Å². The van der Waals surface area contributed by atoms with Crippen molar-refractivity contribution in [3.63, 3.8) is 0 Å². The molecule has 0 aliphatic rings. The number of benzene rings is 1. The van der Waals surface area contributed by atoms with Crippen LogP contribution in [-0.2, 0) is 6.42 Å². The molecule has 0 spiro atoms. The maximum atomic E-state index is 8.54. The molecule has 0 atom stereocenters. The van der Waals surface area contributed by atoms with E-state index in [9.17, 15) is 0 Å². The van der Waals surface area contributed by atoms with Crippen molar-refractivity contribution >= 4 is 34.1 Å². The minimum Gasteiger partial charge on any atom is -0.236 e. The molecule has 2 nitrogen and oxygen atoms in total. The summed E-state index contributed by atoms with van der Waals surface area (Å²) in [5, 5.41) is 10.6. The third kappa shape index (κ3) is 2.27. The van der Waals surface area contributed by atoms with Gasteiger partial charge in [0.05, 0.1) is 11.6 Å². The lowest BCUT2D eigenvalue weighted by Gasteiger charge is -2.04. The Labute approximate surface area is 103 Å². The molecular weight excluding hydrogens is 243 g/mol. The second kappa shape index (κ2) is 4.69. The van der Waals surface area contributed by atoms with Gasteiger partial charge < -0.3 is 0 Å². The molecule has 0 N–H and O–H groups in total. The summed E-state index contributed by atoms with van der Waals surface area (Å²) in [6, 6.07) is 9.48. The van der Waals surface area contributed by atoms with Crippen LogP contribution in [0.5, 0.6) is 0 Å². The smallest absolute Gasteiger partial charge is 0.133 e. The Morgan fingerprint density at radius 1 is 1.25 bits per heavy atom. The van der Waals surface area contributed by atoms with E-state index in [4.69, 9.17) is 28.5 Å². The molecule has 4 heteroatoms. The number of rotatable bonds is 2. The van der Waals surface area contributed by atoms with Crippen LogP contribution in [0.25, 0.3) is 10.9 Å². The molecule has 0 saturated heterocycles.